The van der Waals surface area contributed by atoms with Crippen molar-refractivity contribution < 1.29 is 10.2 Å². The van der Waals surface area contributed by atoms with Gasteiger partial charge in [0.1, 0.15) is 17.3 Å². The molecular formula is C27H18N2O2. The summed E-state index contributed by atoms with van der Waals surface area (Å²) >= 11 is 0. The number of aromatic nitrogens is 2. The van der Waals surface area contributed by atoms with Crippen LogP contribution in [0.25, 0.3) is 55.1 Å². The molecule has 0 atom stereocenters. The van der Waals surface area contributed by atoms with E-state index in [9.17, 15) is 10.2 Å². The number of aromatic hydroxyl groups is 2. The highest BCUT2D eigenvalue weighted by Gasteiger charge is 2.21. The van der Waals surface area contributed by atoms with E-state index in [4.69, 9.17) is 4.98 Å². The highest BCUT2D eigenvalue weighted by Crippen LogP contribution is 2.48. The molecule has 5 aromatic carbocycles. The van der Waals surface area contributed by atoms with E-state index >= 15 is 0 Å². The fraction of sp³-hybridized carbons (Fsp3) is 0. The number of imidazole rings is 1. The Bertz CT molecular complexity index is 1580. The van der Waals surface area contributed by atoms with Crippen molar-refractivity contribution >= 4 is 32.6 Å². The van der Waals surface area contributed by atoms with E-state index < -0.39 is 0 Å². The summed E-state index contributed by atoms with van der Waals surface area (Å²) in [6, 6.07) is 29.0. The first kappa shape index (κ1) is 17.5. The quantitative estimate of drug-likeness (QED) is 0.305. The van der Waals surface area contributed by atoms with Gasteiger partial charge in [-0.2, -0.15) is 0 Å². The Morgan fingerprint density at radius 1 is 0.645 bits per heavy atom. The molecule has 4 heteroatoms. The number of fused-ring (bicyclic) bond motifs is 3. The molecule has 0 saturated heterocycles. The fourth-order valence-corrected chi connectivity index (χ4v) is 4.37. The van der Waals surface area contributed by atoms with Crippen molar-refractivity contribution in [3.05, 3.63) is 91.0 Å². The summed E-state index contributed by atoms with van der Waals surface area (Å²) in [6.45, 7) is 0. The second-order valence-electron chi connectivity index (χ2n) is 7.65. The molecule has 0 aliphatic rings. The van der Waals surface area contributed by atoms with Crippen LogP contribution in [0.1, 0.15) is 0 Å². The molecule has 0 aliphatic heterocycles. The number of H-pyrrole nitrogens is 1. The van der Waals surface area contributed by atoms with Crippen molar-refractivity contribution in [2.45, 2.75) is 0 Å². The van der Waals surface area contributed by atoms with E-state index in [0.29, 0.717) is 22.5 Å². The number of nitrogens with zero attached hydrogens (tertiary/aromatic N) is 1. The van der Waals surface area contributed by atoms with E-state index in [0.717, 1.165) is 32.6 Å². The zero-order chi connectivity index (χ0) is 20.9. The van der Waals surface area contributed by atoms with Crippen molar-refractivity contribution in [2.24, 2.45) is 0 Å². The number of phenols is 2. The summed E-state index contributed by atoms with van der Waals surface area (Å²) in [5.74, 6) is 0.802. The molecule has 6 rings (SSSR count). The minimum Gasteiger partial charge on any atom is -0.507 e. The van der Waals surface area contributed by atoms with Crippen LogP contribution < -0.4 is 0 Å². The van der Waals surface area contributed by atoms with Crippen molar-refractivity contribution in [3.8, 4) is 34.0 Å². The van der Waals surface area contributed by atoms with Crippen LogP contribution in [0.5, 0.6) is 11.5 Å². The lowest BCUT2D eigenvalue weighted by Gasteiger charge is -2.16. The third kappa shape index (κ3) is 2.66. The monoisotopic (exact) mass is 402 g/mol. The molecule has 3 N–H and O–H groups in total. The Kier molecular flexibility index (Phi) is 3.74. The van der Waals surface area contributed by atoms with Crippen LogP contribution in [0.2, 0.25) is 0 Å². The van der Waals surface area contributed by atoms with E-state index in [1.54, 1.807) is 6.07 Å². The number of phenolic OH excluding ortho intramolecular Hbond substituents is 2. The Hall–Kier alpha value is -4.31. The van der Waals surface area contributed by atoms with Gasteiger partial charge in [-0.15, -0.1) is 0 Å². The number of benzene rings is 5. The second-order valence-corrected chi connectivity index (χ2v) is 7.65. The molecule has 31 heavy (non-hydrogen) atoms. The standard InChI is InChI=1S/C27H18N2O2/c30-23-14-13-16-7-1-3-9-18(16)24(23)25-19-10-4-2-8-17(19)15-20(26(25)31)27-28-21-11-5-6-12-22(21)29-27/h1-15,30-31H,(H,28,29). The normalized spacial score (nSPS) is 11.5. The van der Waals surface area contributed by atoms with Gasteiger partial charge in [0.25, 0.3) is 0 Å². The van der Waals surface area contributed by atoms with Crippen LogP contribution in [0.4, 0.5) is 0 Å². The minimum atomic E-state index is 0.0874. The first-order valence-corrected chi connectivity index (χ1v) is 10.1. The number of para-hydroxylation sites is 2. The van der Waals surface area contributed by atoms with Gasteiger partial charge in [-0.3, -0.25) is 0 Å². The van der Waals surface area contributed by atoms with Gasteiger partial charge in [0, 0.05) is 11.1 Å². The van der Waals surface area contributed by atoms with E-state index in [2.05, 4.69) is 4.98 Å². The molecule has 0 saturated carbocycles. The topological polar surface area (TPSA) is 69.1 Å². The van der Waals surface area contributed by atoms with Gasteiger partial charge in [-0.05, 0) is 45.8 Å². The molecule has 1 heterocycles. The van der Waals surface area contributed by atoms with Crippen LogP contribution in [-0.4, -0.2) is 20.2 Å². The van der Waals surface area contributed by atoms with Gasteiger partial charge in [0.2, 0.25) is 0 Å². The molecule has 0 bridgehead atoms. The third-order valence-electron chi connectivity index (χ3n) is 5.82. The van der Waals surface area contributed by atoms with Crippen LogP contribution in [0.3, 0.4) is 0 Å². The van der Waals surface area contributed by atoms with Gasteiger partial charge in [-0.25, -0.2) is 4.98 Å². The summed E-state index contributed by atoms with van der Waals surface area (Å²) in [7, 11) is 0. The van der Waals surface area contributed by atoms with Crippen LogP contribution in [0, 0.1) is 0 Å². The maximum absolute atomic E-state index is 11.5. The van der Waals surface area contributed by atoms with Gasteiger partial charge < -0.3 is 15.2 Å². The van der Waals surface area contributed by atoms with Crippen molar-refractivity contribution in [2.75, 3.05) is 0 Å². The fourth-order valence-electron chi connectivity index (χ4n) is 4.37. The third-order valence-corrected chi connectivity index (χ3v) is 5.82. The van der Waals surface area contributed by atoms with Crippen LogP contribution >= 0.6 is 0 Å². The van der Waals surface area contributed by atoms with Crippen LogP contribution in [0.15, 0.2) is 91.0 Å². The summed E-state index contributed by atoms with van der Waals surface area (Å²) in [5, 5.41) is 26.1. The number of nitrogens with one attached hydrogen (secondary N) is 1. The van der Waals surface area contributed by atoms with Gasteiger partial charge in [0.05, 0.1) is 16.6 Å². The molecule has 0 radical (unpaired) electrons. The molecule has 0 spiro atoms. The predicted octanol–water partition coefficient (Wildman–Crippen LogP) is 6.61. The SMILES string of the molecule is Oc1ccc2ccccc2c1-c1c(O)c(-c2nc3ccccc3[nH]2)cc2ccccc12. The maximum atomic E-state index is 11.5. The predicted molar refractivity (Wildman–Crippen MR) is 125 cm³/mol. The molecular weight excluding hydrogens is 384 g/mol. The first-order valence-electron chi connectivity index (χ1n) is 10.1. The summed E-state index contributed by atoms with van der Waals surface area (Å²) < 4.78 is 0. The summed E-state index contributed by atoms with van der Waals surface area (Å²) in [4.78, 5) is 8.01. The highest BCUT2D eigenvalue weighted by molar-refractivity contribution is 6.11. The Balaban J connectivity index is 1.75. The molecule has 6 aromatic rings. The Morgan fingerprint density at radius 3 is 2.13 bits per heavy atom. The zero-order valence-corrected chi connectivity index (χ0v) is 16.5. The molecule has 0 fully saturated rings. The lowest BCUT2D eigenvalue weighted by Crippen LogP contribution is -1.91. The second kappa shape index (κ2) is 6.61. The zero-order valence-electron chi connectivity index (χ0n) is 16.5. The molecule has 0 amide bonds. The lowest BCUT2D eigenvalue weighted by molar-refractivity contribution is 0.471. The molecule has 1 aromatic heterocycles. The molecule has 0 unspecified atom stereocenters. The number of hydrogen-bond donors (Lipinski definition) is 3. The van der Waals surface area contributed by atoms with Gasteiger partial charge >= 0.3 is 0 Å². The number of hydrogen-bond acceptors (Lipinski definition) is 3. The van der Waals surface area contributed by atoms with E-state index in [1.165, 1.54) is 0 Å². The molecule has 0 aliphatic carbocycles. The smallest absolute Gasteiger partial charge is 0.142 e. The van der Waals surface area contributed by atoms with Crippen molar-refractivity contribution in [3.63, 3.8) is 0 Å². The van der Waals surface area contributed by atoms with Gasteiger partial charge in [0.15, 0.2) is 0 Å². The maximum Gasteiger partial charge on any atom is 0.142 e. The largest absolute Gasteiger partial charge is 0.507 e. The van der Waals surface area contributed by atoms with E-state index in [-0.39, 0.29) is 11.5 Å². The Morgan fingerprint density at radius 2 is 1.32 bits per heavy atom. The van der Waals surface area contributed by atoms with Crippen LogP contribution in [-0.2, 0) is 0 Å². The highest BCUT2D eigenvalue weighted by atomic mass is 16.3. The van der Waals surface area contributed by atoms with Crippen molar-refractivity contribution in [1.82, 2.24) is 9.97 Å². The number of rotatable bonds is 2. The van der Waals surface area contributed by atoms with Crippen molar-refractivity contribution in [1.29, 1.82) is 0 Å². The lowest BCUT2D eigenvalue weighted by atomic mass is 9.90. The minimum absolute atomic E-state index is 0.0874. The molecule has 148 valence electrons. The molecule has 4 nitrogen and oxygen atoms in total. The average Bonchev–Trinajstić information content (AvgIpc) is 3.23. The Labute approximate surface area is 178 Å². The van der Waals surface area contributed by atoms with E-state index in [1.807, 2.05) is 84.9 Å². The average molecular weight is 402 g/mol. The number of aromatic amines is 1. The first-order chi connectivity index (χ1) is 15.2. The summed E-state index contributed by atoms with van der Waals surface area (Å²) in [5.41, 5.74) is 3.55. The van der Waals surface area contributed by atoms with Gasteiger partial charge in [-0.1, -0.05) is 66.7 Å². The summed E-state index contributed by atoms with van der Waals surface area (Å²) in [6.07, 6.45) is 0.